The lowest BCUT2D eigenvalue weighted by Crippen LogP contribution is -2.55. The van der Waals surface area contributed by atoms with Crippen molar-refractivity contribution >= 4 is 17.3 Å². The van der Waals surface area contributed by atoms with Gasteiger partial charge in [-0.05, 0) is 44.4 Å². The molecule has 1 amide bonds. The second kappa shape index (κ2) is 7.32. The minimum Gasteiger partial charge on any atom is -0.398 e. The number of carbonyl (C=O) groups is 1. The molecule has 1 saturated heterocycles. The highest BCUT2D eigenvalue weighted by atomic mass is 16.5. The third-order valence-electron chi connectivity index (χ3n) is 4.29. The van der Waals surface area contributed by atoms with Crippen LogP contribution in [0.4, 0.5) is 11.4 Å². The molecular formula is C18H29N3O2. The number of nitrogens with zero attached hydrogens (tertiary/aromatic N) is 1. The molecule has 3 N–H and O–H groups in total. The SMILES string of the molecule is Cc1ccc(NC(=O)C(C(C)C)N2CC(C)OC(C)C2)cc1N. The molecule has 0 spiro atoms. The van der Waals surface area contributed by atoms with Gasteiger partial charge in [-0.25, -0.2) is 0 Å². The van der Waals surface area contributed by atoms with Crippen molar-refractivity contribution in [3.63, 3.8) is 0 Å². The number of nitrogen functional groups attached to an aromatic ring is 1. The first-order chi connectivity index (χ1) is 10.8. The van der Waals surface area contributed by atoms with Crippen molar-refractivity contribution in [3.8, 4) is 0 Å². The zero-order valence-corrected chi connectivity index (χ0v) is 14.8. The molecule has 128 valence electrons. The zero-order valence-electron chi connectivity index (χ0n) is 14.8. The van der Waals surface area contributed by atoms with Crippen LogP contribution in [-0.2, 0) is 9.53 Å². The molecule has 2 rings (SSSR count). The lowest BCUT2D eigenvalue weighted by Gasteiger charge is -2.41. The van der Waals surface area contributed by atoms with Crippen LogP contribution in [0.25, 0.3) is 0 Å². The Morgan fingerprint density at radius 3 is 2.43 bits per heavy atom. The smallest absolute Gasteiger partial charge is 0.241 e. The fourth-order valence-corrected chi connectivity index (χ4v) is 3.27. The van der Waals surface area contributed by atoms with Gasteiger partial charge >= 0.3 is 0 Å². The molecule has 3 atom stereocenters. The zero-order chi connectivity index (χ0) is 17.1. The van der Waals surface area contributed by atoms with Crippen LogP contribution in [0.15, 0.2) is 18.2 Å². The van der Waals surface area contributed by atoms with Gasteiger partial charge in [0.05, 0.1) is 18.2 Å². The summed E-state index contributed by atoms with van der Waals surface area (Å²) in [5, 5.41) is 3.02. The average molecular weight is 319 g/mol. The summed E-state index contributed by atoms with van der Waals surface area (Å²) in [7, 11) is 0. The summed E-state index contributed by atoms with van der Waals surface area (Å²) >= 11 is 0. The summed E-state index contributed by atoms with van der Waals surface area (Å²) in [5.74, 6) is 0.236. The number of nitrogens with two attached hydrogens (primary N) is 1. The number of benzene rings is 1. The van der Waals surface area contributed by atoms with Crippen LogP contribution in [0.1, 0.15) is 33.3 Å². The fraction of sp³-hybridized carbons (Fsp3) is 0.611. The fourth-order valence-electron chi connectivity index (χ4n) is 3.27. The van der Waals surface area contributed by atoms with Crippen molar-refractivity contribution in [1.29, 1.82) is 0 Å². The van der Waals surface area contributed by atoms with E-state index in [0.717, 1.165) is 24.3 Å². The van der Waals surface area contributed by atoms with Gasteiger partial charge in [-0.3, -0.25) is 9.69 Å². The maximum atomic E-state index is 12.8. The summed E-state index contributed by atoms with van der Waals surface area (Å²) in [5.41, 5.74) is 8.39. The van der Waals surface area contributed by atoms with Crippen molar-refractivity contribution < 1.29 is 9.53 Å². The minimum absolute atomic E-state index is 0.0181. The van der Waals surface area contributed by atoms with E-state index < -0.39 is 0 Å². The number of carbonyl (C=O) groups excluding carboxylic acids is 1. The number of anilines is 2. The molecular weight excluding hydrogens is 290 g/mol. The standard InChI is InChI=1S/C18H29N3O2/c1-11(2)17(21-9-13(4)23-14(5)10-21)18(22)20-15-7-6-12(3)16(19)8-15/h6-8,11,13-14,17H,9-10,19H2,1-5H3,(H,20,22). The minimum atomic E-state index is -0.175. The van der Waals surface area contributed by atoms with Crippen LogP contribution in [0.2, 0.25) is 0 Å². The van der Waals surface area contributed by atoms with Crippen LogP contribution in [0.5, 0.6) is 0 Å². The maximum absolute atomic E-state index is 12.8. The first kappa shape index (κ1) is 17.8. The number of nitrogens with one attached hydrogen (secondary N) is 1. The number of ether oxygens (including phenoxy) is 1. The number of hydrogen-bond donors (Lipinski definition) is 2. The van der Waals surface area contributed by atoms with E-state index >= 15 is 0 Å². The molecule has 3 unspecified atom stereocenters. The summed E-state index contributed by atoms with van der Waals surface area (Å²) in [4.78, 5) is 15.1. The van der Waals surface area contributed by atoms with Gasteiger partial charge in [-0.15, -0.1) is 0 Å². The molecule has 5 nitrogen and oxygen atoms in total. The van der Waals surface area contributed by atoms with Crippen molar-refractivity contribution in [2.45, 2.75) is 52.9 Å². The van der Waals surface area contributed by atoms with Gasteiger partial charge in [0.1, 0.15) is 0 Å². The molecule has 1 aliphatic heterocycles. The molecule has 0 saturated carbocycles. The predicted molar refractivity (Wildman–Crippen MR) is 94.4 cm³/mol. The molecule has 1 aromatic carbocycles. The van der Waals surface area contributed by atoms with Gasteiger partial charge in [0.2, 0.25) is 5.91 Å². The van der Waals surface area contributed by atoms with E-state index in [1.807, 2.05) is 25.1 Å². The highest BCUT2D eigenvalue weighted by molar-refractivity contribution is 5.95. The van der Waals surface area contributed by atoms with Gasteiger partial charge in [0.25, 0.3) is 0 Å². The van der Waals surface area contributed by atoms with Gasteiger partial charge in [-0.1, -0.05) is 19.9 Å². The van der Waals surface area contributed by atoms with E-state index in [1.54, 1.807) is 0 Å². The Morgan fingerprint density at radius 2 is 1.91 bits per heavy atom. The van der Waals surface area contributed by atoms with Crippen LogP contribution in [0.3, 0.4) is 0 Å². The highest BCUT2D eigenvalue weighted by Gasteiger charge is 2.34. The van der Waals surface area contributed by atoms with Crippen LogP contribution >= 0.6 is 0 Å². The molecule has 1 aromatic rings. The summed E-state index contributed by atoms with van der Waals surface area (Å²) in [6.45, 7) is 11.8. The summed E-state index contributed by atoms with van der Waals surface area (Å²) in [6, 6.07) is 5.46. The van der Waals surface area contributed by atoms with E-state index in [4.69, 9.17) is 10.5 Å². The molecule has 1 heterocycles. The number of rotatable bonds is 4. The van der Waals surface area contributed by atoms with E-state index in [0.29, 0.717) is 5.69 Å². The molecule has 0 aromatic heterocycles. The van der Waals surface area contributed by atoms with Gasteiger partial charge in [-0.2, -0.15) is 0 Å². The van der Waals surface area contributed by atoms with E-state index in [9.17, 15) is 4.79 Å². The van der Waals surface area contributed by atoms with Crippen LogP contribution in [-0.4, -0.2) is 42.1 Å². The third-order valence-corrected chi connectivity index (χ3v) is 4.29. The largest absolute Gasteiger partial charge is 0.398 e. The normalized spacial score (nSPS) is 23.7. The molecule has 0 aliphatic carbocycles. The van der Waals surface area contributed by atoms with Crippen molar-refractivity contribution in [2.75, 3.05) is 24.1 Å². The summed E-state index contributed by atoms with van der Waals surface area (Å²) < 4.78 is 5.78. The van der Waals surface area contributed by atoms with Crippen molar-refractivity contribution in [3.05, 3.63) is 23.8 Å². The second-order valence-electron chi connectivity index (χ2n) is 6.96. The Morgan fingerprint density at radius 1 is 1.30 bits per heavy atom. The number of aryl methyl sites for hydroxylation is 1. The third kappa shape index (κ3) is 4.45. The van der Waals surface area contributed by atoms with Gasteiger partial charge < -0.3 is 15.8 Å². The molecule has 0 radical (unpaired) electrons. The van der Waals surface area contributed by atoms with Gasteiger partial charge in [0, 0.05) is 24.5 Å². The topological polar surface area (TPSA) is 67.6 Å². The molecule has 5 heteroatoms. The van der Waals surface area contributed by atoms with Gasteiger partial charge in [0.15, 0.2) is 0 Å². The molecule has 1 aliphatic rings. The second-order valence-corrected chi connectivity index (χ2v) is 6.96. The summed E-state index contributed by atoms with van der Waals surface area (Å²) in [6.07, 6.45) is 0.283. The average Bonchev–Trinajstić information content (AvgIpc) is 2.41. The first-order valence-electron chi connectivity index (χ1n) is 8.34. The molecule has 0 bridgehead atoms. The molecule has 23 heavy (non-hydrogen) atoms. The number of amides is 1. The quantitative estimate of drug-likeness (QED) is 0.837. The van der Waals surface area contributed by atoms with E-state index in [-0.39, 0.29) is 30.1 Å². The lowest BCUT2D eigenvalue weighted by atomic mass is 9.99. The van der Waals surface area contributed by atoms with E-state index in [1.165, 1.54) is 0 Å². The first-order valence-corrected chi connectivity index (χ1v) is 8.34. The Hall–Kier alpha value is -1.59. The van der Waals surface area contributed by atoms with Crippen LogP contribution < -0.4 is 11.1 Å². The Labute approximate surface area is 139 Å². The van der Waals surface area contributed by atoms with Crippen LogP contribution in [0, 0.1) is 12.8 Å². The van der Waals surface area contributed by atoms with Crippen molar-refractivity contribution in [2.24, 2.45) is 5.92 Å². The maximum Gasteiger partial charge on any atom is 0.241 e. The molecule has 1 fully saturated rings. The lowest BCUT2D eigenvalue weighted by molar-refractivity contribution is -0.130. The Kier molecular flexibility index (Phi) is 5.65. The highest BCUT2D eigenvalue weighted by Crippen LogP contribution is 2.22. The Balaban J connectivity index is 2.13. The monoisotopic (exact) mass is 319 g/mol. The van der Waals surface area contributed by atoms with E-state index in [2.05, 4.69) is 37.9 Å². The Bertz CT molecular complexity index is 549. The number of hydrogen-bond acceptors (Lipinski definition) is 4. The predicted octanol–water partition coefficient (Wildman–Crippen LogP) is 2.65. The number of morpholine rings is 1. The van der Waals surface area contributed by atoms with Crippen molar-refractivity contribution in [1.82, 2.24) is 4.90 Å².